The third-order valence-electron chi connectivity index (χ3n) is 3.60. The zero-order valence-corrected chi connectivity index (χ0v) is 11.2. The van der Waals surface area contributed by atoms with Gasteiger partial charge in [-0.2, -0.15) is 0 Å². The zero-order chi connectivity index (χ0) is 13.2. The highest BCUT2D eigenvalue weighted by Crippen LogP contribution is 2.29. The highest BCUT2D eigenvalue weighted by molar-refractivity contribution is 5.82. The summed E-state index contributed by atoms with van der Waals surface area (Å²) in [5.74, 6) is 0.0874. The number of nitrogens with zero attached hydrogens (tertiary/aromatic N) is 1. The summed E-state index contributed by atoms with van der Waals surface area (Å²) in [6.07, 6.45) is 1.69. The fourth-order valence-corrected chi connectivity index (χ4v) is 2.49. The Kier molecular flexibility index (Phi) is 3.71. The molecular formula is C15H22N2O. The van der Waals surface area contributed by atoms with E-state index in [1.165, 1.54) is 0 Å². The van der Waals surface area contributed by atoms with Crippen molar-refractivity contribution in [3.05, 3.63) is 35.9 Å². The Morgan fingerprint density at radius 3 is 2.61 bits per heavy atom. The Bertz CT molecular complexity index is 414. The van der Waals surface area contributed by atoms with Crippen molar-refractivity contribution in [3.8, 4) is 0 Å². The molecule has 1 aliphatic rings. The van der Waals surface area contributed by atoms with Crippen molar-refractivity contribution in [1.29, 1.82) is 0 Å². The third kappa shape index (κ3) is 3.10. The van der Waals surface area contributed by atoms with Crippen molar-refractivity contribution in [2.24, 2.45) is 11.1 Å². The lowest BCUT2D eigenvalue weighted by Gasteiger charge is -2.23. The number of benzene rings is 1. The van der Waals surface area contributed by atoms with Gasteiger partial charge in [0.1, 0.15) is 0 Å². The molecule has 1 saturated heterocycles. The van der Waals surface area contributed by atoms with Gasteiger partial charge in [0.05, 0.1) is 6.04 Å². The van der Waals surface area contributed by atoms with E-state index in [-0.39, 0.29) is 11.3 Å². The van der Waals surface area contributed by atoms with Crippen molar-refractivity contribution in [2.75, 3.05) is 13.1 Å². The Morgan fingerprint density at radius 2 is 2.06 bits per heavy atom. The second kappa shape index (κ2) is 5.11. The summed E-state index contributed by atoms with van der Waals surface area (Å²) in [7, 11) is 0. The highest BCUT2D eigenvalue weighted by atomic mass is 16.2. The first kappa shape index (κ1) is 13.1. The number of amides is 1. The maximum atomic E-state index is 12.2. The molecular weight excluding hydrogens is 224 g/mol. The zero-order valence-electron chi connectivity index (χ0n) is 11.2. The molecule has 1 fully saturated rings. The molecule has 1 amide bonds. The molecule has 3 heteroatoms. The number of nitrogens with two attached hydrogens (primary N) is 1. The minimum absolute atomic E-state index is 0.0874. The van der Waals surface area contributed by atoms with Crippen molar-refractivity contribution in [1.82, 2.24) is 4.90 Å². The van der Waals surface area contributed by atoms with Gasteiger partial charge < -0.3 is 10.6 Å². The van der Waals surface area contributed by atoms with Gasteiger partial charge in [-0.3, -0.25) is 4.79 Å². The molecule has 1 aromatic carbocycles. The van der Waals surface area contributed by atoms with Crippen molar-refractivity contribution < 1.29 is 4.79 Å². The maximum Gasteiger partial charge on any atom is 0.239 e. The minimum Gasteiger partial charge on any atom is -0.341 e. The molecule has 2 rings (SSSR count). The van der Waals surface area contributed by atoms with E-state index in [0.29, 0.717) is 6.42 Å². The summed E-state index contributed by atoms with van der Waals surface area (Å²) in [6.45, 7) is 6.06. The summed E-state index contributed by atoms with van der Waals surface area (Å²) >= 11 is 0. The number of carbonyl (C=O) groups is 1. The van der Waals surface area contributed by atoms with Crippen LogP contribution in [0.1, 0.15) is 25.8 Å². The average Bonchev–Trinajstić information content (AvgIpc) is 2.70. The van der Waals surface area contributed by atoms with E-state index in [4.69, 9.17) is 5.73 Å². The first-order valence-electron chi connectivity index (χ1n) is 6.56. The van der Waals surface area contributed by atoms with Gasteiger partial charge in [-0.25, -0.2) is 0 Å². The highest BCUT2D eigenvalue weighted by Gasteiger charge is 2.33. The van der Waals surface area contributed by atoms with Gasteiger partial charge in [0, 0.05) is 13.1 Å². The van der Waals surface area contributed by atoms with Crippen LogP contribution >= 0.6 is 0 Å². The summed E-state index contributed by atoms with van der Waals surface area (Å²) in [4.78, 5) is 14.1. The molecule has 3 nitrogen and oxygen atoms in total. The molecule has 1 atom stereocenters. The Labute approximate surface area is 109 Å². The van der Waals surface area contributed by atoms with Crippen LogP contribution in [0, 0.1) is 5.41 Å². The number of carbonyl (C=O) groups excluding carboxylic acids is 1. The Hall–Kier alpha value is -1.35. The van der Waals surface area contributed by atoms with Crippen LogP contribution in [0.2, 0.25) is 0 Å². The van der Waals surface area contributed by atoms with E-state index in [1.54, 1.807) is 0 Å². The van der Waals surface area contributed by atoms with Crippen LogP contribution < -0.4 is 5.73 Å². The van der Waals surface area contributed by atoms with E-state index in [9.17, 15) is 4.79 Å². The van der Waals surface area contributed by atoms with Crippen LogP contribution in [0.4, 0.5) is 0 Å². The molecule has 0 saturated carbocycles. The molecule has 0 aromatic heterocycles. The number of rotatable bonds is 3. The number of hydrogen-bond acceptors (Lipinski definition) is 2. The van der Waals surface area contributed by atoms with Crippen molar-refractivity contribution >= 4 is 5.91 Å². The van der Waals surface area contributed by atoms with E-state index in [2.05, 4.69) is 13.8 Å². The lowest BCUT2D eigenvalue weighted by atomic mass is 9.93. The average molecular weight is 246 g/mol. The standard InChI is InChI=1S/C15H22N2O/c1-15(2)8-9-17(11-15)14(18)13(16)10-12-6-4-3-5-7-12/h3-7,13H,8-11,16H2,1-2H3/t13-/m1/s1. The first-order chi connectivity index (χ1) is 8.48. The van der Waals surface area contributed by atoms with Crippen molar-refractivity contribution in [2.45, 2.75) is 32.7 Å². The van der Waals surface area contributed by atoms with E-state index in [0.717, 1.165) is 25.1 Å². The van der Waals surface area contributed by atoms with E-state index < -0.39 is 6.04 Å². The minimum atomic E-state index is -0.415. The summed E-state index contributed by atoms with van der Waals surface area (Å²) < 4.78 is 0. The van der Waals surface area contributed by atoms with Crippen LogP contribution in [-0.4, -0.2) is 29.9 Å². The molecule has 0 unspecified atom stereocenters. The number of likely N-dealkylation sites (tertiary alicyclic amines) is 1. The SMILES string of the molecule is CC1(C)CCN(C(=O)[C@H](N)Cc2ccccc2)C1. The lowest BCUT2D eigenvalue weighted by molar-refractivity contribution is -0.131. The molecule has 2 N–H and O–H groups in total. The number of hydrogen-bond donors (Lipinski definition) is 1. The molecule has 18 heavy (non-hydrogen) atoms. The lowest BCUT2D eigenvalue weighted by Crippen LogP contribution is -2.44. The fraction of sp³-hybridized carbons (Fsp3) is 0.533. The van der Waals surface area contributed by atoms with Crippen LogP contribution in [-0.2, 0) is 11.2 Å². The second-order valence-electron chi connectivity index (χ2n) is 5.97. The molecule has 0 aliphatic carbocycles. The van der Waals surface area contributed by atoms with Gasteiger partial charge in [-0.1, -0.05) is 44.2 Å². The second-order valence-corrected chi connectivity index (χ2v) is 5.97. The van der Waals surface area contributed by atoms with Crippen molar-refractivity contribution in [3.63, 3.8) is 0 Å². The molecule has 1 aliphatic heterocycles. The third-order valence-corrected chi connectivity index (χ3v) is 3.60. The summed E-state index contributed by atoms with van der Waals surface area (Å²) in [5.41, 5.74) is 7.39. The molecule has 98 valence electrons. The predicted octanol–water partition coefficient (Wildman–Crippen LogP) is 1.81. The smallest absolute Gasteiger partial charge is 0.239 e. The normalized spacial score (nSPS) is 19.8. The summed E-state index contributed by atoms with van der Waals surface area (Å²) in [5, 5.41) is 0. The van der Waals surface area contributed by atoms with Gasteiger partial charge in [-0.15, -0.1) is 0 Å². The van der Waals surface area contributed by atoms with Gasteiger partial charge in [0.25, 0.3) is 0 Å². The van der Waals surface area contributed by atoms with Gasteiger partial charge >= 0.3 is 0 Å². The molecule has 0 spiro atoms. The Balaban J connectivity index is 1.94. The van der Waals surface area contributed by atoms with Gasteiger partial charge in [0.2, 0.25) is 5.91 Å². The van der Waals surface area contributed by atoms with Crippen LogP contribution in [0.3, 0.4) is 0 Å². The van der Waals surface area contributed by atoms with E-state index >= 15 is 0 Å². The van der Waals surface area contributed by atoms with Crippen LogP contribution in [0.5, 0.6) is 0 Å². The summed E-state index contributed by atoms with van der Waals surface area (Å²) in [6, 6.07) is 9.54. The monoisotopic (exact) mass is 246 g/mol. The quantitative estimate of drug-likeness (QED) is 0.884. The van der Waals surface area contributed by atoms with Gasteiger partial charge in [0.15, 0.2) is 0 Å². The predicted molar refractivity (Wildman–Crippen MR) is 73.1 cm³/mol. The topological polar surface area (TPSA) is 46.3 Å². The molecule has 1 heterocycles. The maximum absolute atomic E-state index is 12.2. The fourth-order valence-electron chi connectivity index (χ4n) is 2.49. The van der Waals surface area contributed by atoms with E-state index in [1.807, 2.05) is 35.2 Å². The Morgan fingerprint density at radius 1 is 1.39 bits per heavy atom. The largest absolute Gasteiger partial charge is 0.341 e. The molecule has 1 aromatic rings. The molecule has 0 radical (unpaired) electrons. The van der Waals surface area contributed by atoms with Crippen LogP contribution in [0.15, 0.2) is 30.3 Å². The van der Waals surface area contributed by atoms with Crippen LogP contribution in [0.25, 0.3) is 0 Å². The molecule has 0 bridgehead atoms. The first-order valence-corrected chi connectivity index (χ1v) is 6.56. The van der Waals surface area contributed by atoms with Gasteiger partial charge in [-0.05, 0) is 23.8 Å².